The average Bonchev–Trinajstić information content (AvgIpc) is 2.71. The highest BCUT2D eigenvalue weighted by Crippen LogP contribution is 2.09. The van der Waals surface area contributed by atoms with E-state index in [9.17, 15) is 0 Å². The highest BCUT2D eigenvalue weighted by Gasteiger charge is 2.12. The van der Waals surface area contributed by atoms with Gasteiger partial charge in [0.1, 0.15) is 5.82 Å². The van der Waals surface area contributed by atoms with E-state index in [0.29, 0.717) is 6.04 Å². The van der Waals surface area contributed by atoms with Crippen LogP contribution in [0.2, 0.25) is 0 Å². The highest BCUT2D eigenvalue weighted by molar-refractivity contribution is 5.34. The van der Waals surface area contributed by atoms with Gasteiger partial charge < -0.3 is 10.6 Å². The van der Waals surface area contributed by atoms with Gasteiger partial charge >= 0.3 is 0 Å². The molecule has 0 radical (unpaired) electrons. The molecule has 1 fully saturated rings. The van der Waals surface area contributed by atoms with Gasteiger partial charge in [0.05, 0.1) is 0 Å². The predicted molar refractivity (Wildman–Crippen MR) is 63.1 cm³/mol. The number of aromatic nitrogens is 1. The smallest absolute Gasteiger partial charge is 0.126 e. The monoisotopic (exact) mass is 205 g/mol. The molecule has 2 N–H and O–H groups in total. The number of hydrogen-bond donors (Lipinski definition) is 2. The highest BCUT2D eigenvalue weighted by atomic mass is 15.0. The van der Waals surface area contributed by atoms with E-state index >= 15 is 0 Å². The zero-order chi connectivity index (χ0) is 10.5. The maximum absolute atomic E-state index is 4.41. The normalized spacial score (nSPS) is 20.5. The molecule has 0 spiro atoms. The Morgan fingerprint density at radius 2 is 2.47 bits per heavy atom. The van der Waals surface area contributed by atoms with Crippen molar-refractivity contribution in [3.63, 3.8) is 0 Å². The lowest BCUT2D eigenvalue weighted by Crippen LogP contribution is -2.24. The molecule has 1 aliphatic heterocycles. The summed E-state index contributed by atoms with van der Waals surface area (Å²) in [4.78, 5) is 4.41. The third-order valence-corrected chi connectivity index (χ3v) is 2.85. The van der Waals surface area contributed by atoms with Gasteiger partial charge in [-0.05, 0) is 44.9 Å². The minimum atomic E-state index is 0.710. The fourth-order valence-corrected chi connectivity index (χ4v) is 2.02. The molecule has 1 aromatic heterocycles. The minimum Gasteiger partial charge on any atom is -0.370 e. The largest absolute Gasteiger partial charge is 0.370 e. The predicted octanol–water partition coefficient (Wildman–Crippen LogP) is 1.94. The van der Waals surface area contributed by atoms with E-state index in [1.807, 2.05) is 25.1 Å². The van der Waals surface area contributed by atoms with Gasteiger partial charge in [0.15, 0.2) is 0 Å². The first-order chi connectivity index (χ1) is 7.34. The van der Waals surface area contributed by atoms with E-state index in [0.717, 1.165) is 18.1 Å². The first-order valence-corrected chi connectivity index (χ1v) is 5.75. The van der Waals surface area contributed by atoms with Gasteiger partial charge in [0, 0.05) is 18.3 Å². The minimum absolute atomic E-state index is 0.710. The van der Waals surface area contributed by atoms with Crippen molar-refractivity contribution in [3.8, 4) is 0 Å². The van der Waals surface area contributed by atoms with Crippen LogP contribution in [0.5, 0.6) is 0 Å². The van der Waals surface area contributed by atoms with Gasteiger partial charge in [0.25, 0.3) is 0 Å². The summed E-state index contributed by atoms with van der Waals surface area (Å²) in [5.74, 6) is 0.994. The van der Waals surface area contributed by atoms with Crippen molar-refractivity contribution >= 4 is 5.82 Å². The molecule has 1 aromatic rings. The summed E-state index contributed by atoms with van der Waals surface area (Å²) in [6.07, 6.45) is 3.84. The SMILES string of the molecule is Cc1cccc(NCCC2CCCN2)n1. The molecule has 1 atom stereocenters. The topological polar surface area (TPSA) is 37.0 Å². The maximum Gasteiger partial charge on any atom is 0.126 e. The first kappa shape index (κ1) is 10.4. The van der Waals surface area contributed by atoms with E-state index in [1.54, 1.807) is 0 Å². The van der Waals surface area contributed by atoms with Crippen LogP contribution in [0.1, 0.15) is 25.0 Å². The van der Waals surface area contributed by atoms with Crippen LogP contribution < -0.4 is 10.6 Å². The molecule has 2 heterocycles. The van der Waals surface area contributed by atoms with Gasteiger partial charge in [-0.3, -0.25) is 0 Å². The van der Waals surface area contributed by atoms with E-state index in [4.69, 9.17) is 0 Å². The number of anilines is 1. The number of rotatable bonds is 4. The molecule has 3 heteroatoms. The first-order valence-electron chi connectivity index (χ1n) is 5.75. The van der Waals surface area contributed by atoms with Crippen molar-refractivity contribution in [2.45, 2.75) is 32.2 Å². The van der Waals surface area contributed by atoms with E-state index in [1.165, 1.54) is 25.8 Å². The van der Waals surface area contributed by atoms with Crippen LogP contribution in [-0.4, -0.2) is 24.1 Å². The Morgan fingerprint density at radius 1 is 1.53 bits per heavy atom. The summed E-state index contributed by atoms with van der Waals surface area (Å²) in [6.45, 7) is 4.21. The lowest BCUT2D eigenvalue weighted by molar-refractivity contribution is 0.574. The van der Waals surface area contributed by atoms with Crippen molar-refractivity contribution in [3.05, 3.63) is 23.9 Å². The molecule has 3 nitrogen and oxygen atoms in total. The van der Waals surface area contributed by atoms with Gasteiger partial charge in [-0.15, -0.1) is 0 Å². The summed E-state index contributed by atoms with van der Waals surface area (Å²) >= 11 is 0. The van der Waals surface area contributed by atoms with Crippen LogP contribution in [0.3, 0.4) is 0 Å². The molecule has 0 bridgehead atoms. The molecule has 1 unspecified atom stereocenters. The number of pyridine rings is 1. The van der Waals surface area contributed by atoms with Gasteiger partial charge in [0.2, 0.25) is 0 Å². The lowest BCUT2D eigenvalue weighted by Gasteiger charge is -2.11. The van der Waals surface area contributed by atoms with Crippen molar-refractivity contribution in [1.82, 2.24) is 10.3 Å². The summed E-state index contributed by atoms with van der Waals surface area (Å²) < 4.78 is 0. The van der Waals surface area contributed by atoms with E-state index in [2.05, 4.69) is 15.6 Å². The Hall–Kier alpha value is -1.09. The summed E-state index contributed by atoms with van der Waals surface area (Å²) in [6, 6.07) is 6.79. The Labute approximate surface area is 91.3 Å². The number of hydrogen-bond acceptors (Lipinski definition) is 3. The summed E-state index contributed by atoms with van der Waals surface area (Å²) in [5.41, 5.74) is 1.07. The van der Waals surface area contributed by atoms with Crippen LogP contribution in [0.4, 0.5) is 5.82 Å². The number of aryl methyl sites for hydroxylation is 1. The molecule has 1 saturated heterocycles. The molecular formula is C12H19N3. The number of nitrogens with zero attached hydrogens (tertiary/aromatic N) is 1. The Balaban J connectivity index is 1.73. The third-order valence-electron chi connectivity index (χ3n) is 2.85. The zero-order valence-corrected chi connectivity index (χ0v) is 9.29. The quantitative estimate of drug-likeness (QED) is 0.789. The number of nitrogens with one attached hydrogen (secondary N) is 2. The fraction of sp³-hybridized carbons (Fsp3) is 0.583. The van der Waals surface area contributed by atoms with Crippen LogP contribution in [-0.2, 0) is 0 Å². The average molecular weight is 205 g/mol. The molecule has 0 aliphatic carbocycles. The molecule has 15 heavy (non-hydrogen) atoms. The second-order valence-corrected chi connectivity index (χ2v) is 4.17. The fourth-order valence-electron chi connectivity index (χ4n) is 2.02. The third kappa shape index (κ3) is 3.20. The van der Waals surface area contributed by atoms with Crippen LogP contribution in [0.25, 0.3) is 0 Å². The van der Waals surface area contributed by atoms with Crippen molar-refractivity contribution in [1.29, 1.82) is 0 Å². The van der Waals surface area contributed by atoms with Crippen molar-refractivity contribution < 1.29 is 0 Å². The maximum atomic E-state index is 4.41. The van der Waals surface area contributed by atoms with Gasteiger partial charge in [-0.25, -0.2) is 4.98 Å². The zero-order valence-electron chi connectivity index (χ0n) is 9.29. The van der Waals surface area contributed by atoms with E-state index < -0.39 is 0 Å². The van der Waals surface area contributed by atoms with Gasteiger partial charge in [-0.1, -0.05) is 6.07 Å². The van der Waals surface area contributed by atoms with Gasteiger partial charge in [-0.2, -0.15) is 0 Å². The summed E-state index contributed by atoms with van der Waals surface area (Å²) in [7, 11) is 0. The second kappa shape index (κ2) is 5.12. The molecular weight excluding hydrogens is 186 g/mol. The van der Waals surface area contributed by atoms with E-state index in [-0.39, 0.29) is 0 Å². The summed E-state index contributed by atoms with van der Waals surface area (Å²) in [5, 5.41) is 6.86. The lowest BCUT2D eigenvalue weighted by atomic mass is 10.1. The standard InChI is InChI=1S/C12H19N3/c1-10-4-2-6-12(15-10)14-9-7-11-5-3-8-13-11/h2,4,6,11,13H,3,5,7-9H2,1H3,(H,14,15). The molecule has 0 amide bonds. The Kier molecular flexibility index (Phi) is 3.56. The molecule has 2 rings (SSSR count). The van der Waals surface area contributed by atoms with Crippen molar-refractivity contribution in [2.75, 3.05) is 18.4 Å². The molecule has 0 saturated carbocycles. The van der Waals surface area contributed by atoms with Crippen LogP contribution in [0.15, 0.2) is 18.2 Å². The second-order valence-electron chi connectivity index (χ2n) is 4.17. The van der Waals surface area contributed by atoms with Crippen molar-refractivity contribution in [2.24, 2.45) is 0 Å². The molecule has 0 aromatic carbocycles. The molecule has 1 aliphatic rings. The molecule has 82 valence electrons. The Morgan fingerprint density at radius 3 is 3.20 bits per heavy atom. The van der Waals surface area contributed by atoms with Crippen LogP contribution in [0, 0.1) is 6.92 Å². The Bertz CT molecular complexity index is 305. The van der Waals surface area contributed by atoms with Crippen LogP contribution >= 0.6 is 0 Å².